The van der Waals surface area contributed by atoms with Crippen molar-refractivity contribution in [2.75, 3.05) is 11.4 Å². The van der Waals surface area contributed by atoms with Crippen LogP contribution in [0.5, 0.6) is 0 Å². The molecule has 0 bridgehead atoms. The number of aromatic nitrogens is 4. The number of anilines is 1. The largest absolute Gasteiger partial charge is 0.348 e. The topological polar surface area (TPSA) is 97.0 Å². The van der Waals surface area contributed by atoms with Gasteiger partial charge in [0.25, 0.3) is 0 Å². The number of thiazole rings is 1. The molecule has 1 unspecified atom stereocenters. The lowest BCUT2D eigenvalue weighted by atomic mass is 10.1. The predicted octanol–water partition coefficient (Wildman–Crippen LogP) is 3.90. The van der Waals surface area contributed by atoms with Crippen LogP contribution in [0.4, 0.5) is 5.13 Å². The van der Waals surface area contributed by atoms with E-state index in [9.17, 15) is 4.79 Å². The summed E-state index contributed by atoms with van der Waals surface area (Å²) < 4.78 is 6.00. The second kappa shape index (κ2) is 8.07. The predicted molar refractivity (Wildman–Crippen MR) is 119 cm³/mol. The summed E-state index contributed by atoms with van der Waals surface area (Å²) in [5, 5.41) is 7.93. The number of nitrogens with zero attached hydrogens (tertiary/aromatic N) is 5. The monoisotopic (exact) mass is 434 g/mol. The Balaban J connectivity index is 1.36. The molecule has 0 aliphatic carbocycles. The minimum Gasteiger partial charge on any atom is -0.348 e. The number of carbonyl (C=O) groups excluding carboxylic acids is 1. The zero-order valence-corrected chi connectivity index (χ0v) is 18.1. The van der Waals surface area contributed by atoms with E-state index in [1.54, 1.807) is 13.1 Å². The van der Waals surface area contributed by atoms with E-state index < -0.39 is 0 Å². The maximum Gasteiger partial charge on any atom is 0.243 e. The van der Waals surface area contributed by atoms with Gasteiger partial charge >= 0.3 is 0 Å². The Labute approximate surface area is 183 Å². The first-order valence-corrected chi connectivity index (χ1v) is 11.1. The molecule has 8 nitrogen and oxygen atoms in total. The second-order valence-electron chi connectivity index (χ2n) is 7.67. The van der Waals surface area contributed by atoms with Gasteiger partial charge in [0.05, 0.1) is 10.7 Å². The number of hydrogen-bond acceptors (Lipinski definition) is 8. The number of carbonyl (C=O) groups is 1. The van der Waals surface area contributed by atoms with Crippen LogP contribution in [0.3, 0.4) is 0 Å². The highest BCUT2D eigenvalue weighted by molar-refractivity contribution is 7.22. The van der Waals surface area contributed by atoms with Crippen LogP contribution in [0.25, 0.3) is 21.7 Å². The van der Waals surface area contributed by atoms with Gasteiger partial charge in [0, 0.05) is 25.2 Å². The van der Waals surface area contributed by atoms with Crippen molar-refractivity contribution in [2.45, 2.75) is 38.8 Å². The normalized spacial score (nSPS) is 17.2. The van der Waals surface area contributed by atoms with Crippen molar-refractivity contribution in [3.63, 3.8) is 0 Å². The zero-order valence-electron chi connectivity index (χ0n) is 17.3. The molecular weight excluding hydrogens is 412 g/mol. The molecule has 1 saturated heterocycles. The van der Waals surface area contributed by atoms with Gasteiger partial charge < -0.3 is 14.7 Å². The molecule has 1 amide bonds. The number of hydrogen-bond donors (Lipinski definition) is 1. The first kappa shape index (κ1) is 19.6. The molecule has 0 radical (unpaired) electrons. The van der Waals surface area contributed by atoms with Crippen LogP contribution >= 0.6 is 11.3 Å². The van der Waals surface area contributed by atoms with E-state index in [0.29, 0.717) is 17.4 Å². The molecule has 2 atom stereocenters. The average Bonchev–Trinajstić information content (AvgIpc) is 3.52. The SMILES string of the molecule is Cc1nc(-c2cnc3nc(N4CCC[C@@H]4C(=O)NC(C)c4ccccc4)sc3c2)no1. The van der Waals surface area contributed by atoms with Crippen molar-refractivity contribution < 1.29 is 9.32 Å². The number of pyridine rings is 1. The summed E-state index contributed by atoms with van der Waals surface area (Å²) in [5.74, 6) is 1.05. The molecule has 1 N–H and O–H groups in total. The third-order valence-corrected chi connectivity index (χ3v) is 6.51. The number of benzene rings is 1. The molecular formula is C22H22N6O2S. The van der Waals surface area contributed by atoms with Gasteiger partial charge in [-0.25, -0.2) is 4.98 Å². The van der Waals surface area contributed by atoms with Crippen LogP contribution < -0.4 is 10.2 Å². The third kappa shape index (κ3) is 3.88. The van der Waals surface area contributed by atoms with Crippen LogP contribution in [-0.4, -0.2) is 38.6 Å². The third-order valence-electron chi connectivity index (χ3n) is 5.48. The van der Waals surface area contributed by atoms with Crippen molar-refractivity contribution in [1.29, 1.82) is 0 Å². The first-order chi connectivity index (χ1) is 15.1. The molecule has 4 aromatic rings. The lowest BCUT2D eigenvalue weighted by molar-refractivity contribution is -0.122. The lowest BCUT2D eigenvalue weighted by Crippen LogP contribution is -2.44. The summed E-state index contributed by atoms with van der Waals surface area (Å²) in [5.41, 5.74) is 2.54. The Hall–Kier alpha value is -3.33. The molecule has 4 heterocycles. The maximum absolute atomic E-state index is 13.1. The quantitative estimate of drug-likeness (QED) is 0.509. The Morgan fingerprint density at radius 3 is 2.90 bits per heavy atom. The summed E-state index contributed by atoms with van der Waals surface area (Å²) in [6, 6.07) is 11.7. The van der Waals surface area contributed by atoms with Crippen LogP contribution in [0.1, 0.15) is 37.3 Å². The fourth-order valence-electron chi connectivity index (χ4n) is 3.87. The smallest absolute Gasteiger partial charge is 0.243 e. The fraction of sp³-hybridized carbons (Fsp3) is 0.318. The van der Waals surface area contributed by atoms with Crippen LogP contribution in [-0.2, 0) is 4.79 Å². The van der Waals surface area contributed by atoms with Crippen molar-refractivity contribution in [3.05, 3.63) is 54.0 Å². The van der Waals surface area contributed by atoms with E-state index in [2.05, 4.69) is 25.3 Å². The zero-order chi connectivity index (χ0) is 21.4. The molecule has 9 heteroatoms. The van der Waals surface area contributed by atoms with Crippen LogP contribution in [0, 0.1) is 6.92 Å². The van der Waals surface area contributed by atoms with Crippen LogP contribution in [0.2, 0.25) is 0 Å². The van der Waals surface area contributed by atoms with Crippen molar-refractivity contribution in [1.82, 2.24) is 25.4 Å². The van der Waals surface area contributed by atoms with Gasteiger partial charge in [-0.15, -0.1) is 0 Å². The Bertz CT molecular complexity index is 1220. The van der Waals surface area contributed by atoms with Gasteiger partial charge in [0.1, 0.15) is 6.04 Å². The first-order valence-electron chi connectivity index (χ1n) is 10.3. The number of fused-ring (bicyclic) bond motifs is 1. The van der Waals surface area contributed by atoms with Gasteiger partial charge in [0.15, 0.2) is 10.8 Å². The summed E-state index contributed by atoms with van der Waals surface area (Å²) in [7, 11) is 0. The number of amides is 1. The van der Waals surface area contributed by atoms with Gasteiger partial charge in [0.2, 0.25) is 17.6 Å². The standard InChI is InChI=1S/C22H22N6O2S/c1-13(15-7-4-3-5-8-15)24-21(29)17-9-6-10-28(17)22-26-20-18(31-22)11-16(12-23-20)19-25-14(2)30-27-19/h3-5,7-8,11-13,17H,6,9-10H2,1-2H3,(H,24,29)/t13?,17-/m1/s1. The second-order valence-corrected chi connectivity index (χ2v) is 8.68. The molecule has 5 rings (SSSR count). The van der Waals surface area contributed by atoms with Gasteiger partial charge in [-0.3, -0.25) is 4.79 Å². The Morgan fingerprint density at radius 1 is 1.29 bits per heavy atom. The number of rotatable bonds is 5. The molecule has 1 aliphatic rings. The summed E-state index contributed by atoms with van der Waals surface area (Å²) in [6.07, 6.45) is 3.46. The lowest BCUT2D eigenvalue weighted by Gasteiger charge is -2.25. The van der Waals surface area contributed by atoms with E-state index in [0.717, 1.165) is 40.3 Å². The fourth-order valence-corrected chi connectivity index (χ4v) is 4.91. The van der Waals surface area contributed by atoms with Gasteiger partial charge in [-0.05, 0) is 31.4 Å². The molecule has 1 fully saturated rings. The van der Waals surface area contributed by atoms with E-state index in [-0.39, 0.29) is 18.0 Å². The number of nitrogens with one attached hydrogen (secondary N) is 1. The highest BCUT2D eigenvalue weighted by Crippen LogP contribution is 2.34. The minimum absolute atomic E-state index is 0.0315. The molecule has 1 aromatic carbocycles. The molecule has 3 aromatic heterocycles. The molecule has 0 spiro atoms. The molecule has 1 aliphatic heterocycles. The van der Waals surface area contributed by atoms with E-state index in [1.807, 2.05) is 43.3 Å². The van der Waals surface area contributed by atoms with E-state index >= 15 is 0 Å². The van der Waals surface area contributed by atoms with Crippen molar-refractivity contribution in [3.8, 4) is 11.4 Å². The molecule has 0 saturated carbocycles. The Kier molecular flexibility index (Phi) is 5.11. The molecule has 158 valence electrons. The summed E-state index contributed by atoms with van der Waals surface area (Å²) >= 11 is 1.53. The Morgan fingerprint density at radius 2 is 2.13 bits per heavy atom. The van der Waals surface area contributed by atoms with Gasteiger partial charge in [-0.1, -0.05) is 46.8 Å². The van der Waals surface area contributed by atoms with E-state index in [4.69, 9.17) is 9.51 Å². The average molecular weight is 435 g/mol. The van der Waals surface area contributed by atoms with Crippen LogP contribution in [0.15, 0.2) is 47.1 Å². The summed E-state index contributed by atoms with van der Waals surface area (Å²) in [4.78, 5) is 28.6. The molecule has 31 heavy (non-hydrogen) atoms. The van der Waals surface area contributed by atoms with Crippen molar-refractivity contribution >= 4 is 32.7 Å². The van der Waals surface area contributed by atoms with E-state index in [1.165, 1.54) is 11.3 Å². The highest BCUT2D eigenvalue weighted by atomic mass is 32.1. The number of aryl methyl sites for hydroxylation is 1. The maximum atomic E-state index is 13.1. The van der Waals surface area contributed by atoms with Crippen molar-refractivity contribution in [2.24, 2.45) is 0 Å². The summed E-state index contributed by atoms with van der Waals surface area (Å²) in [6.45, 7) is 4.56. The van der Waals surface area contributed by atoms with Gasteiger partial charge in [-0.2, -0.15) is 9.97 Å². The highest BCUT2D eigenvalue weighted by Gasteiger charge is 2.33. The minimum atomic E-state index is -0.231.